The summed E-state index contributed by atoms with van der Waals surface area (Å²) in [5.41, 5.74) is 5.11. The lowest BCUT2D eigenvalue weighted by Gasteiger charge is -2.08. The van der Waals surface area contributed by atoms with Gasteiger partial charge in [-0.05, 0) is 43.2 Å². The molecule has 0 atom stereocenters. The standard InChI is InChI=1S/C28H25BrN4O/c1-3-6-27-31-25-14-13-22(29)15-24(25)28(34)33(27)30-16-21-18-32(26-8-5-4-7-23(21)26)17-20-11-9-19(2)10-12-20/h4-5,7-16,18H,3,6,17H2,1-2H3. The topological polar surface area (TPSA) is 52.2 Å². The fourth-order valence-electron chi connectivity index (χ4n) is 4.22. The fourth-order valence-corrected chi connectivity index (χ4v) is 4.58. The summed E-state index contributed by atoms with van der Waals surface area (Å²) in [6.07, 6.45) is 5.43. The van der Waals surface area contributed by atoms with E-state index in [4.69, 9.17) is 4.98 Å². The smallest absolute Gasteiger partial charge is 0.282 e. The van der Waals surface area contributed by atoms with Gasteiger partial charge in [0.1, 0.15) is 5.82 Å². The van der Waals surface area contributed by atoms with Gasteiger partial charge in [-0.2, -0.15) is 9.78 Å². The van der Waals surface area contributed by atoms with Crippen molar-refractivity contribution in [3.05, 3.63) is 110 Å². The molecule has 5 rings (SSSR count). The van der Waals surface area contributed by atoms with Gasteiger partial charge in [0.25, 0.3) is 5.56 Å². The summed E-state index contributed by atoms with van der Waals surface area (Å²) in [6, 6.07) is 22.4. The Hall–Kier alpha value is -3.51. The molecule has 0 fully saturated rings. The minimum atomic E-state index is -0.158. The van der Waals surface area contributed by atoms with Crippen LogP contribution >= 0.6 is 15.9 Å². The Labute approximate surface area is 206 Å². The molecule has 0 spiro atoms. The van der Waals surface area contributed by atoms with Crippen LogP contribution in [0.4, 0.5) is 0 Å². The second-order valence-electron chi connectivity index (χ2n) is 8.52. The average molecular weight is 513 g/mol. The number of hydrogen-bond acceptors (Lipinski definition) is 3. The molecule has 0 N–H and O–H groups in total. The normalized spacial score (nSPS) is 11.7. The number of aromatic nitrogens is 3. The molecule has 5 nitrogen and oxygen atoms in total. The van der Waals surface area contributed by atoms with Crippen LogP contribution in [0.25, 0.3) is 21.8 Å². The fraction of sp³-hybridized carbons (Fsp3) is 0.179. The van der Waals surface area contributed by atoms with Gasteiger partial charge in [-0.3, -0.25) is 4.79 Å². The van der Waals surface area contributed by atoms with Gasteiger partial charge >= 0.3 is 0 Å². The van der Waals surface area contributed by atoms with Crippen molar-refractivity contribution in [1.29, 1.82) is 0 Å². The second kappa shape index (κ2) is 9.39. The van der Waals surface area contributed by atoms with Crippen molar-refractivity contribution in [2.24, 2.45) is 5.10 Å². The maximum atomic E-state index is 13.3. The van der Waals surface area contributed by atoms with Crippen LogP contribution in [0.3, 0.4) is 0 Å². The summed E-state index contributed by atoms with van der Waals surface area (Å²) in [7, 11) is 0. The van der Waals surface area contributed by atoms with Gasteiger partial charge in [-0.15, -0.1) is 0 Å². The number of aryl methyl sites for hydroxylation is 2. The summed E-state index contributed by atoms with van der Waals surface area (Å²) >= 11 is 3.46. The average Bonchev–Trinajstić information content (AvgIpc) is 3.18. The third-order valence-electron chi connectivity index (χ3n) is 5.95. The van der Waals surface area contributed by atoms with E-state index in [1.54, 1.807) is 12.3 Å². The third-order valence-corrected chi connectivity index (χ3v) is 6.45. The summed E-state index contributed by atoms with van der Waals surface area (Å²) in [6.45, 7) is 4.93. The van der Waals surface area contributed by atoms with E-state index in [9.17, 15) is 4.79 Å². The maximum Gasteiger partial charge on any atom is 0.282 e. The zero-order chi connectivity index (χ0) is 23.7. The summed E-state index contributed by atoms with van der Waals surface area (Å²) in [5.74, 6) is 0.668. The molecule has 2 aromatic heterocycles. The number of nitrogens with zero attached hydrogens (tertiary/aromatic N) is 4. The SMILES string of the molecule is CCCc1nc2ccc(Br)cc2c(=O)n1N=Cc1cn(Cc2ccc(C)cc2)c2ccccc12. The van der Waals surface area contributed by atoms with Crippen LogP contribution in [0.1, 0.15) is 35.9 Å². The molecule has 0 unspecified atom stereocenters. The largest absolute Gasteiger partial charge is 0.342 e. The number of fused-ring (bicyclic) bond motifs is 2. The molecule has 5 aromatic rings. The lowest BCUT2D eigenvalue weighted by molar-refractivity contribution is 0.704. The highest BCUT2D eigenvalue weighted by Crippen LogP contribution is 2.22. The first-order chi connectivity index (χ1) is 16.5. The van der Waals surface area contributed by atoms with Crippen LogP contribution in [-0.4, -0.2) is 20.4 Å². The van der Waals surface area contributed by atoms with E-state index in [-0.39, 0.29) is 5.56 Å². The highest BCUT2D eigenvalue weighted by molar-refractivity contribution is 9.10. The van der Waals surface area contributed by atoms with Crippen LogP contribution in [0, 0.1) is 6.92 Å². The number of para-hydroxylation sites is 1. The Balaban J connectivity index is 1.59. The molecule has 0 bridgehead atoms. The number of halogens is 1. The van der Waals surface area contributed by atoms with E-state index >= 15 is 0 Å². The zero-order valence-electron chi connectivity index (χ0n) is 19.2. The molecule has 6 heteroatoms. The molecule has 0 aliphatic carbocycles. The van der Waals surface area contributed by atoms with Crippen molar-refractivity contribution in [3.63, 3.8) is 0 Å². The minimum Gasteiger partial charge on any atom is -0.342 e. The van der Waals surface area contributed by atoms with E-state index < -0.39 is 0 Å². The van der Waals surface area contributed by atoms with Gasteiger partial charge in [0.15, 0.2) is 0 Å². The quantitative estimate of drug-likeness (QED) is 0.250. The van der Waals surface area contributed by atoms with Crippen LogP contribution in [-0.2, 0) is 13.0 Å². The van der Waals surface area contributed by atoms with Gasteiger partial charge in [0, 0.05) is 40.1 Å². The first-order valence-corrected chi connectivity index (χ1v) is 12.2. The van der Waals surface area contributed by atoms with Crippen molar-refractivity contribution < 1.29 is 0 Å². The molecule has 0 aliphatic heterocycles. The van der Waals surface area contributed by atoms with Gasteiger partial charge in [-0.1, -0.05) is 70.9 Å². The summed E-state index contributed by atoms with van der Waals surface area (Å²) in [5, 5.41) is 6.29. The molecule has 0 radical (unpaired) electrons. The first kappa shape index (κ1) is 22.3. The van der Waals surface area contributed by atoms with E-state index in [1.165, 1.54) is 15.8 Å². The van der Waals surface area contributed by atoms with Gasteiger partial charge in [0.05, 0.1) is 17.1 Å². The molecule has 0 amide bonds. The highest BCUT2D eigenvalue weighted by Gasteiger charge is 2.12. The predicted octanol–water partition coefficient (Wildman–Crippen LogP) is 6.31. The Kier molecular flexibility index (Phi) is 6.16. The maximum absolute atomic E-state index is 13.3. The van der Waals surface area contributed by atoms with Crippen molar-refractivity contribution in [1.82, 2.24) is 14.2 Å². The van der Waals surface area contributed by atoms with E-state index in [2.05, 4.69) is 82.0 Å². The Morgan fingerprint density at radius 2 is 1.82 bits per heavy atom. The lowest BCUT2D eigenvalue weighted by atomic mass is 10.1. The number of benzene rings is 3. The van der Waals surface area contributed by atoms with E-state index in [0.717, 1.165) is 33.9 Å². The second-order valence-corrected chi connectivity index (χ2v) is 9.43. The van der Waals surface area contributed by atoms with Gasteiger partial charge in [0.2, 0.25) is 0 Å². The Morgan fingerprint density at radius 3 is 2.62 bits per heavy atom. The first-order valence-electron chi connectivity index (χ1n) is 11.4. The van der Waals surface area contributed by atoms with Crippen molar-refractivity contribution in [2.45, 2.75) is 33.2 Å². The molecule has 3 aromatic carbocycles. The Bertz CT molecular complexity index is 1580. The van der Waals surface area contributed by atoms with Crippen molar-refractivity contribution in [2.75, 3.05) is 0 Å². The lowest BCUT2D eigenvalue weighted by Crippen LogP contribution is -2.22. The molecule has 0 saturated heterocycles. The molecule has 34 heavy (non-hydrogen) atoms. The van der Waals surface area contributed by atoms with Crippen LogP contribution in [0.15, 0.2) is 87.3 Å². The number of rotatable bonds is 6. The third kappa shape index (κ3) is 4.33. The summed E-state index contributed by atoms with van der Waals surface area (Å²) in [4.78, 5) is 18.1. The van der Waals surface area contributed by atoms with Crippen molar-refractivity contribution >= 4 is 44.0 Å². The minimum absolute atomic E-state index is 0.158. The van der Waals surface area contributed by atoms with E-state index in [0.29, 0.717) is 23.1 Å². The highest BCUT2D eigenvalue weighted by atomic mass is 79.9. The van der Waals surface area contributed by atoms with Crippen LogP contribution < -0.4 is 5.56 Å². The molecular formula is C28H25BrN4O. The summed E-state index contributed by atoms with van der Waals surface area (Å²) < 4.78 is 4.52. The van der Waals surface area contributed by atoms with Crippen LogP contribution in [0.5, 0.6) is 0 Å². The Morgan fingerprint density at radius 1 is 1.03 bits per heavy atom. The van der Waals surface area contributed by atoms with Gasteiger partial charge < -0.3 is 4.57 Å². The van der Waals surface area contributed by atoms with Crippen LogP contribution in [0.2, 0.25) is 0 Å². The molecule has 2 heterocycles. The van der Waals surface area contributed by atoms with Crippen molar-refractivity contribution in [3.8, 4) is 0 Å². The molecule has 0 aliphatic rings. The van der Waals surface area contributed by atoms with Gasteiger partial charge in [-0.25, -0.2) is 4.98 Å². The molecular weight excluding hydrogens is 488 g/mol. The van der Waals surface area contributed by atoms with E-state index in [1.807, 2.05) is 24.3 Å². The monoisotopic (exact) mass is 512 g/mol. The zero-order valence-corrected chi connectivity index (χ0v) is 20.8. The molecule has 170 valence electrons. The molecule has 0 saturated carbocycles. The number of hydrogen-bond donors (Lipinski definition) is 0. The predicted molar refractivity (Wildman–Crippen MR) is 143 cm³/mol.